The third kappa shape index (κ3) is 5.78. The number of anilines is 1. The highest BCUT2D eigenvalue weighted by Gasteiger charge is 2.21. The van der Waals surface area contributed by atoms with Crippen LogP contribution in [-0.2, 0) is 21.2 Å². The van der Waals surface area contributed by atoms with Gasteiger partial charge in [0, 0.05) is 44.7 Å². The lowest BCUT2D eigenvalue weighted by Crippen LogP contribution is -2.30. The van der Waals surface area contributed by atoms with Crippen molar-refractivity contribution in [2.45, 2.75) is 38.0 Å². The van der Waals surface area contributed by atoms with E-state index in [1.54, 1.807) is 26.0 Å². The SMILES string of the molecule is CCN(CC)S(=O)(=O)c1ccc(NC(=O)CCc2nc(C3=CCN(C)CC3)no2)cc1. The molecule has 0 atom stereocenters. The number of amides is 1. The van der Waals surface area contributed by atoms with Gasteiger partial charge in [0.05, 0.1) is 4.90 Å². The van der Waals surface area contributed by atoms with Gasteiger partial charge in [0.25, 0.3) is 0 Å². The molecule has 9 nitrogen and oxygen atoms in total. The number of sulfonamides is 1. The molecule has 0 saturated heterocycles. The van der Waals surface area contributed by atoms with Crippen molar-refractivity contribution in [3.8, 4) is 0 Å². The smallest absolute Gasteiger partial charge is 0.243 e. The second kappa shape index (κ2) is 10.2. The summed E-state index contributed by atoms with van der Waals surface area (Å²) in [4.78, 5) is 19.1. The average Bonchev–Trinajstić information content (AvgIpc) is 3.23. The molecule has 1 N–H and O–H groups in total. The molecule has 1 aromatic carbocycles. The summed E-state index contributed by atoms with van der Waals surface area (Å²) in [6.07, 6.45) is 3.48. The molecule has 1 amide bonds. The fourth-order valence-corrected chi connectivity index (χ4v) is 4.79. The van der Waals surface area contributed by atoms with Crippen molar-refractivity contribution >= 4 is 27.2 Å². The predicted molar refractivity (Wildman–Crippen MR) is 118 cm³/mol. The van der Waals surface area contributed by atoms with E-state index in [4.69, 9.17) is 4.52 Å². The van der Waals surface area contributed by atoms with Gasteiger partial charge in [-0.3, -0.25) is 4.79 Å². The van der Waals surface area contributed by atoms with Crippen LogP contribution in [0.25, 0.3) is 5.57 Å². The minimum absolute atomic E-state index is 0.183. The van der Waals surface area contributed by atoms with Gasteiger partial charge >= 0.3 is 0 Å². The highest BCUT2D eigenvalue weighted by molar-refractivity contribution is 7.89. The Bertz CT molecular complexity index is 1030. The molecule has 2 aromatic rings. The minimum Gasteiger partial charge on any atom is -0.339 e. The van der Waals surface area contributed by atoms with Gasteiger partial charge in [-0.25, -0.2) is 8.42 Å². The van der Waals surface area contributed by atoms with Crippen molar-refractivity contribution in [3.63, 3.8) is 0 Å². The van der Waals surface area contributed by atoms with Crippen LogP contribution in [0.1, 0.15) is 38.4 Å². The lowest BCUT2D eigenvalue weighted by Gasteiger charge is -2.19. The normalized spacial score (nSPS) is 15.2. The molecule has 0 aliphatic carbocycles. The van der Waals surface area contributed by atoms with Crippen LogP contribution in [0.2, 0.25) is 0 Å². The molecule has 0 saturated carbocycles. The highest BCUT2D eigenvalue weighted by atomic mass is 32.2. The maximum atomic E-state index is 12.5. The number of benzene rings is 1. The largest absolute Gasteiger partial charge is 0.339 e. The fourth-order valence-electron chi connectivity index (χ4n) is 3.33. The lowest BCUT2D eigenvalue weighted by atomic mass is 10.1. The Morgan fingerprint density at radius 1 is 1.23 bits per heavy atom. The molecular formula is C21H29N5O4S. The molecule has 1 aliphatic rings. The summed E-state index contributed by atoms with van der Waals surface area (Å²) in [6, 6.07) is 6.18. The average molecular weight is 448 g/mol. The predicted octanol–water partition coefficient (Wildman–Crippen LogP) is 2.39. The van der Waals surface area contributed by atoms with Crippen LogP contribution in [0.4, 0.5) is 5.69 Å². The maximum Gasteiger partial charge on any atom is 0.243 e. The number of rotatable bonds is 9. The van der Waals surface area contributed by atoms with E-state index in [2.05, 4.69) is 33.5 Å². The molecule has 0 fully saturated rings. The van der Waals surface area contributed by atoms with Crippen molar-refractivity contribution in [1.82, 2.24) is 19.3 Å². The first-order chi connectivity index (χ1) is 14.8. The van der Waals surface area contributed by atoms with Crippen molar-refractivity contribution in [1.29, 1.82) is 0 Å². The first-order valence-electron chi connectivity index (χ1n) is 10.4. The molecule has 0 spiro atoms. The lowest BCUT2D eigenvalue weighted by molar-refractivity contribution is -0.116. The Labute approximate surface area is 183 Å². The van der Waals surface area contributed by atoms with Crippen molar-refractivity contribution in [2.24, 2.45) is 0 Å². The van der Waals surface area contributed by atoms with E-state index >= 15 is 0 Å². The van der Waals surface area contributed by atoms with Gasteiger partial charge in [0.1, 0.15) is 0 Å². The summed E-state index contributed by atoms with van der Waals surface area (Å²) in [7, 11) is -1.46. The van der Waals surface area contributed by atoms with Crippen molar-refractivity contribution in [2.75, 3.05) is 38.5 Å². The van der Waals surface area contributed by atoms with Crippen LogP contribution < -0.4 is 5.32 Å². The van der Waals surface area contributed by atoms with Gasteiger partial charge in [0.2, 0.25) is 21.8 Å². The van der Waals surface area contributed by atoms with E-state index in [0.717, 1.165) is 25.1 Å². The zero-order valence-electron chi connectivity index (χ0n) is 18.2. The highest BCUT2D eigenvalue weighted by Crippen LogP contribution is 2.20. The number of carbonyl (C=O) groups is 1. The molecule has 168 valence electrons. The monoisotopic (exact) mass is 447 g/mol. The minimum atomic E-state index is -3.52. The number of hydrogen-bond acceptors (Lipinski definition) is 7. The fraction of sp³-hybridized carbons (Fsp3) is 0.476. The number of nitrogens with one attached hydrogen (secondary N) is 1. The molecule has 0 unspecified atom stereocenters. The van der Waals surface area contributed by atoms with Crippen LogP contribution in [0.15, 0.2) is 39.8 Å². The summed E-state index contributed by atoms with van der Waals surface area (Å²) in [5, 5.41) is 6.79. The van der Waals surface area contributed by atoms with E-state index in [-0.39, 0.29) is 17.2 Å². The van der Waals surface area contributed by atoms with Gasteiger partial charge in [0.15, 0.2) is 5.82 Å². The Morgan fingerprint density at radius 2 is 1.94 bits per heavy atom. The summed E-state index contributed by atoms with van der Waals surface area (Å²) in [5.41, 5.74) is 1.60. The Hall–Kier alpha value is -2.56. The zero-order chi connectivity index (χ0) is 22.4. The number of likely N-dealkylation sites (N-methyl/N-ethyl adjacent to an activating group) is 1. The number of aryl methyl sites for hydroxylation is 1. The third-order valence-corrected chi connectivity index (χ3v) is 7.28. The Morgan fingerprint density at radius 3 is 2.55 bits per heavy atom. The molecule has 0 bridgehead atoms. The number of nitrogens with zero attached hydrogens (tertiary/aromatic N) is 4. The number of carbonyl (C=O) groups excluding carboxylic acids is 1. The second-order valence-corrected chi connectivity index (χ2v) is 9.35. The maximum absolute atomic E-state index is 12.5. The first-order valence-corrected chi connectivity index (χ1v) is 11.9. The van der Waals surface area contributed by atoms with Crippen LogP contribution in [0.5, 0.6) is 0 Å². The number of aromatic nitrogens is 2. The summed E-state index contributed by atoms with van der Waals surface area (Å²) in [6.45, 7) is 6.22. The molecule has 31 heavy (non-hydrogen) atoms. The Kier molecular flexibility index (Phi) is 7.58. The summed E-state index contributed by atoms with van der Waals surface area (Å²) < 4.78 is 31.7. The van der Waals surface area contributed by atoms with Gasteiger partial charge in [-0.05, 0) is 43.3 Å². The molecule has 1 aromatic heterocycles. The Balaban J connectivity index is 1.53. The molecule has 0 radical (unpaired) electrons. The molecular weight excluding hydrogens is 418 g/mol. The quantitative estimate of drug-likeness (QED) is 0.629. The van der Waals surface area contributed by atoms with E-state index in [0.29, 0.717) is 36.9 Å². The second-order valence-electron chi connectivity index (χ2n) is 7.42. The van der Waals surface area contributed by atoms with Crippen LogP contribution in [0.3, 0.4) is 0 Å². The molecule has 3 rings (SSSR count). The van der Waals surface area contributed by atoms with Crippen molar-refractivity contribution in [3.05, 3.63) is 42.1 Å². The molecule has 1 aliphatic heterocycles. The van der Waals surface area contributed by atoms with Crippen LogP contribution in [-0.4, -0.2) is 66.9 Å². The van der Waals surface area contributed by atoms with E-state index in [1.165, 1.54) is 16.4 Å². The van der Waals surface area contributed by atoms with Gasteiger partial charge in [-0.2, -0.15) is 9.29 Å². The standard InChI is InChI=1S/C21H29N5O4S/c1-4-26(5-2)31(28,29)18-8-6-17(7-9-18)22-19(27)10-11-20-23-21(24-30-20)16-12-14-25(3)15-13-16/h6-9,12H,4-5,10-11,13-15H2,1-3H3,(H,22,27). The van der Waals surface area contributed by atoms with Gasteiger partial charge < -0.3 is 14.7 Å². The number of hydrogen-bond donors (Lipinski definition) is 1. The first kappa shape index (κ1) is 23.1. The summed E-state index contributed by atoms with van der Waals surface area (Å²) >= 11 is 0. The molecule has 10 heteroatoms. The van der Waals surface area contributed by atoms with Crippen LogP contribution in [0, 0.1) is 0 Å². The van der Waals surface area contributed by atoms with E-state index in [1.807, 2.05) is 0 Å². The van der Waals surface area contributed by atoms with Crippen molar-refractivity contribution < 1.29 is 17.7 Å². The van der Waals surface area contributed by atoms with E-state index < -0.39 is 10.0 Å². The van der Waals surface area contributed by atoms with Gasteiger partial charge in [-0.15, -0.1) is 0 Å². The van der Waals surface area contributed by atoms with E-state index in [9.17, 15) is 13.2 Å². The van der Waals surface area contributed by atoms with Crippen LogP contribution >= 0.6 is 0 Å². The third-order valence-electron chi connectivity index (χ3n) is 5.21. The summed E-state index contributed by atoms with van der Waals surface area (Å²) in [5.74, 6) is 0.803. The molecule has 2 heterocycles. The van der Waals surface area contributed by atoms with Gasteiger partial charge in [-0.1, -0.05) is 25.1 Å². The topological polar surface area (TPSA) is 109 Å². The zero-order valence-corrected chi connectivity index (χ0v) is 19.0.